The molecule has 1 N–H and O–H groups in total. The first-order valence-electron chi connectivity index (χ1n) is 5.34. The Hall–Kier alpha value is -0.870. The van der Waals surface area contributed by atoms with Crippen molar-refractivity contribution in [2.45, 2.75) is 13.1 Å². The summed E-state index contributed by atoms with van der Waals surface area (Å²) in [4.78, 5) is 0. The molecule has 2 rings (SSSR count). The van der Waals surface area contributed by atoms with Crippen LogP contribution >= 0.6 is 22.6 Å². The first-order valence-corrected chi connectivity index (χ1v) is 6.42. The number of rotatable bonds is 4. The molecule has 0 fully saturated rings. The summed E-state index contributed by atoms with van der Waals surface area (Å²) in [5.74, 6) is 0. The fraction of sp³-hybridized carbons (Fsp3) is 0.143. The Morgan fingerprint density at radius 3 is 2.25 bits per heavy atom. The van der Waals surface area contributed by atoms with Crippen molar-refractivity contribution in [3.05, 3.63) is 69.3 Å². The minimum atomic E-state index is 0.922. The van der Waals surface area contributed by atoms with Gasteiger partial charge in [-0.25, -0.2) is 0 Å². The van der Waals surface area contributed by atoms with Crippen molar-refractivity contribution in [2.75, 3.05) is 0 Å². The fourth-order valence-electron chi connectivity index (χ4n) is 1.58. The Labute approximate surface area is 110 Å². The van der Waals surface area contributed by atoms with Gasteiger partial charge in [0.05, 0.1) is 0 Å². The van der Waals surface area contributed by atoms with Crippen LogP contribution in [-0.2, 0) is 13.1 Å². The quantitative estimate of drug-likeness (QED) is 0.848. The lowest BCUT2D eigenvalue weighted by molar-refractivity contribution is 0.691. The molecular weight excluding hydrogens is 309 g/mol. The zero-order chi connectivity index (χ0) is 11.2. The number of halogens is 1. The van der Waals surface area contributed by atoms with Gasteiger partial charge in [-0.2, -0.15) is 0 Å². The van der Waals surface area contributed by atoms with E-state index in [-0.39, 0.29) is 0 Å². The Bertz CT molecular complexity index is 439. The second-order valence-corrected chi connectivity index (χ2v) is 4.84. The van der Waals surface area contributed by atoms with Gasteiger partial charge in [0.1, 0.15) is 0 Å². The fourth-order valence-corrected chi connectivity index (χ4v) is 2.16. The van der Waals surface area contributed by atoms with Crippen LogP contribution in [0.15, 0.2) is 54.6 Å². The van der Waals surface area contributed by atoms with Crippen LogP contribution in [0.1, 0.15) is 11.1 Å². The lowest BCUT2D eigenvalue weighted by Crippen LogP contribution is -2.13. The molecule has 2 aromatic rings. The predicted molar refractivity (Wildman–Crippen MR) is 76.1 cm³/mol. The van der Waals surface area contributed by atoms with Crippen molar-refractivity contribution < 1.29 is 0 Å². The molecule has 1 nitrogen and oxygen atoms in total. The first-order chi connectivity index (χ1) is 7.86. The number of nitrogens with one attached hydrogen (secondary N) is 1. The molecule has 0 unspecified atom stereocenters. The highest BCUT2D eigenvalue weighted by Crippen LogP contribution is 2.11. The molecule has 0 bridgehead atoms. The maximum atomic E-state index is 3.45. The van der Waals surface area contributed by atoms with E-state index in [2.05, 4.69) is 76.4 Å². The van der Waals surface area contributed by atoms with Gasteiger partial charge < -0.3 is 5.32 Å². The van der Waals surface area contributed by atoms with E-state index >= 15 is 0 Å². The van der Waals surface area contributed by atoms with Crippen molar-refractivity contribution in [1.82, 2.24) is 5.32 Å². The second-order valence-electron chi connectivity index (χ2n) is 3.68. The van der Waals surface area contributed by atoms with Crippen LogP contribution in [-0.4, -0.2) is 0 Å². The molecule has 0 amide bonds. The molecule has 0 saturated carbocycles. The standard InChI is InChI=1S/C14H14IN/c15-14-9-5-4-8-13(14)11-16-10-12-6-2-1-3-7-12/h1-9,16H,10-11H2. The van der Waals surface area contributed by atoms with Crippen molar-refractivity contribution in [3.63, 3.8) is 0 Å². The molecule has 0 radical (unpaired) electrons. The highest BCUT2D eigenvalue weighted by atomic mass is 127. The second kappa shape index (κ2) is 6.01. The summed E-state index contributed by atoms with van der Waals surface area (Å²) in [6.07, 6.45) is 0. The molecule has 0 atom stereocenters. The maximum Gasteiger partial charge on any atom is 0.0219 e. The largest absolute Gasteiger partial charge is 0.309 e. The lowest BCUT2D eigenvalue weighted by Gasteiger charge is -2.06. The van der Waals surface area contributed by atoms with Crippen LogP contribution in [0.2, 0.25) is 0 Å². The zero-order valence-corrected chi connectivity index (χ0v) is 11.1. The minimum absolute atomic E-state index is 0.922. The van der Waals surface area contributed by atoms with E-state index < -0.39 is 0 Å². The van der Waals surface area contributed by atoms with Gasteiger partial charge in [-0.05, 0) is 39.8 Å². The zero-order valence-electron chi connectivity index (χ0n) is 8.99. The Morgan fingerprint density at radius 2 is 1.50 bits per heavy atom. The SMILES string of the molecule is Ic1ccccc1CNCc1ccccc1. The summed E-state index contributed by atoms with van der Waals surface area (Å²) >= 11 is 2.37. The van der Waals surface area contributed by atoms with Crippen molar-refractivity contribution >= 4 is 22.6 Å². The topological polar surface area (TPSA) is 12.0 Å². The molecule has 0 aliphatic rings. The first kappa shape index (κ1) is 11.6. The van der Waals surface area contributed by atoms with Crippen LogP contribution in [0.4, 0.5) is 0 Å². The molecule has 0 heterocycles. The van der Waals surface area contributed by atoms with Gasteiger partial charge in [-0.1, -0.05) is 48.5 Å². The Morgan fingerprint density at radius 1 is 0.812 bits per heavy atom. The van der Waals surface area contributed by atoms with Crippen LogP contribution in [0, 0.1) is 3.57 Å². The third-order valence-electron chi connectivity index (χ3n) is 2.45. The number of benzene rings is 2. The third-order valence-corrected chi connectivity index (χ3v) is 3.50. The van der Waals surface area contributed by atoms with Gasteiger partial charge in [-0.3, -0.25) is 0 Å². The molecule has 2 heteroatoms. The molecule has 0 spiro atoms. The summed E-state index contributed by atoms with van der Waals surface area (Å²) in [7, 11) is 0. The van der Waals surface area contributed by atoms with Crippen molar-refractivity contribution in [1.29, 1.82) is 0 Å². The summed E-state index contributed by atoms with van der Waals surface area (Å²) in [5, 5.41) is 3.45. The molecule has 2 aromatic carbocycles. The van der Waals surface area contributed by atoms with E-state index in [1.54, 1.807) is 0 Å². The predicted octanol–water partition coefficient (Wildman–Crippen LogP) is 3.58. The molecule has 16 heavy (non-hydrogen) atoms. The molecule has 0 aliphatic carbocycles. The number of hydrogen-bond acceptors (Lipinski definition) is 1. The van der Waals surface area contributed by atoms with Crippen LogP contribution in [0.5, 0.6) is 0 Å². The van der Waals surface area contributed by atoms with Gasteiger partial charge in [-0.15, -0.1) is 0 Å². The van der Waals surface area contributed by atoms with E-state index in [9.17, 15) is 0 Å². The normalized spacial score (nSPS) is 10.3. The van der Waals surface area contributed by atoms with Gasteiger partial charge in [0.15, 0.2) is 0 Å². The van der Waals surface area contributed by atoms with Crippen molar-refractivity contribution in [3.8, 4) is 0 Å². The smallest absolute Gasteiger partial charge is 0.0219 e. The highest BCUT2D eigenvalue weighted by molar-refractivity contribution is 14.1. The van der Waals surface area contributed by atoms with Crippen LogP contribution in [0.25, 0.3) is 0 Å². The average molecular weight is 323 g/mol. The van der Waals surface area contributed by atoms with E-state index in [0.29, 0.717) is 0 Å². The molecule has 0 aromatic heterocycles. The van der Waals surface area contributed by atoms with Gasteiger partial charge in [0, 0.05) is 16.7 Å². The molecule has 0 aliphatic heterocycles. The maximum absolute atomic E-state index is 3.45. The van der Waals surface area contributed by atoms with Gasteiger partial charge in [0.2, 0.25) is 0 Å². The van der Waals surface area contributed by atoms with E-state index in [1.807, 2.05) is 6.07 Å². The summed E-state index contributed by atoms with van der Waals surface area (Å²) < 4.78 is 1.32. The molecule has 82 valence electrons. The van der Waals surface area contributed by atoms with Crippen LogP contribution < -0.4 is 5.32 Å². The lowest BCUT2D eigenvalue weighted by atomic mass is 10.2. The summed E-state index contributed by atoms with van der Waals surface area (Å²) in [6.45, 7) is 1.85. The number of hydrogen-bond donors (Lipinski definition) is 1. The van der Waals surface area contributed by atoms with Crippen LogP contribution in [0.3, 0.4) is 0 Å². The monoisotopic (exact) mass is 323 g/mol. The summed E-state index contributed by atoms with van der Waals surface area (Å²) in [6, 6.07) is 18.9. The minimum Gasteiger partial charge on any atom is -0.309 e. The summed E-state index contributed by atoms with van der Waals surface area (Å²) in [5.41, 5.74) is 2.69. The molecule has 0 saturated heterocycles. The van der Waals surface area contributed by atoms with E-state index in [1.165, 1.54) is 14.7 Å². The highest BCUT2D eigenvalue weighted by Gasteiger charge is 1.97. The molecular formula is C14H14IN. The van der Waals surface area contributed by atoms with E-state index in [0.717, 1.165) is 13.1 Å². The Kier molecular flexibility index (Phi) is 4.36. The van der Waals surface area contributed by atoms with Gasteiger partial charge >= 0.3 is 0 Å². The third kappa shape index (κ3) is 3.32. The van der Waals surface area contributed by atoms with Crippen molar-refractivity contribution in [2.24, 2.45) is 0 Å². The van der Waals surface area contributed by atoms with Gasteiger partial charge in [0.25, 0.3) is 0 Å². The van der Waals surface area contributed by atoms with E-state index in [4.69, 9.17) is 0 Å². The average Bonchev–Trinajstić information content (AvgIpc) is 2.33. The Balaban J connectivity index is 1.87.